The molecule has 0 bridgehead atoms. The van der Waals surface area contributed by atoms with E-state index in [1.807, 2.05) is 13.0 Å². The lowest BCUT2D eigenvalue weighted by Gasteiger charge is -2.14. The number of benzene rings is 1. The lowest BCUT2D eigenvalue weighted by molar-refractivity contribution is 0.491. The molecule has 0 saturated heterocycles. The Bertz CT molecular complexity index is 320. The molecule has 0 aliphatic carbocycles. The molecule has 0 heterocycles. The van der Waals surface area contributed by atoms with E-state index in [0.29, 0.717) is 11.5 Å². The van der Waals surface area contributed by atoms with Crippen LogP contribution in [0.2, 0.25) is 0 Å². The molecule has 1 rings (SSSR count). The molecule has 84 valence electrons. The summed E-state index contributed by atoms with van der Waals surface area (Å²) in [7, 11) is 0. The van der Waals surface area contributed by atoms with E-state index in [9.17, 15) is 4.39 Å². The molecule has 0 aromatic heterocycles. The molecule has 0 amide bonds. The smallest absolute Gasteiger partial charge is 0.128 e. The lowest BCUT2D eigenvalue weighted by Crippen LogP contribution is -2.13. The summed E-state index contributed by atoms with van der Waals surface area (Å²) in [6.07, 6.45) is 1.88. The maximum absolute atomic E-state index is 13.5. The van der Waals surface area contributed by atoms with Crippen LogP contribution in [-0.2, 0) is 0 Å². The van der Waals surface area contributed by atoms with Gasteiger partial charge in [-0.15, -0.1) is 0 Å². The zero-order valence-electron chi connectivity index (χ0n) is 9.76. The van der Waals surface area contributed by atoms with Crippen LogP contribution in [0.5, 0.6) is 0 Å². The molecule has 1 aromatic rings. The number of aryl methyl sites for hydroxylation is 1. The van der Waals surface area contributed by atoms with E-state index < -0.39 is 0 Å². The van der Waals surface area contributed by atoms with E-state index in [4.69, 9.17) is 5.73 Å². The first-order valence-electron chi connectivity index (χ1n) is 5.52. The van der Waals surface area contributed by atoms with E-state index in [1.54, 1.807) is 12.1 Å². The largest absolute Gasteiger partial charge is 0.324 e. The van der Waals surface area contributed by atoms with E-state index in [0.717, 1.165) is 18.4 Å². The third-order valence-corrected chi connectivity index (χ3v) is 2.61. The molecular formula is C13H20FN. The first-order chi connectivity index (χ1) is 7.00. The molecule has 15 heavy (non-hydrogen) atoms. The summed E-state index contributed by atoms with van der Waals surface area (Å²) in [6.45, 7) is 6.18. The fourth-order valence-electron chi connectivity index (χ4n) is 1.60. The first-order valence-corrected chi connectivity index (χ1v) is 5.52. The minimum absolute atomic E-state index is 0.173. The van der Waals surface area contributed by atoms with E-state index >= 15 is 0 Å². The molecule has 0 saturated carbocycles. The fourth-order valence-corrected chi connectivity index (χ4v) is 1.60. The Labute approximate surface area is 91.5 Å². The third kappa shape index (κ3) is 3.63. The standard InChI is InChI=1S/C13H20FN/c1-9(2)4-7-13(15)11-6-5-10(3)8-12(11)14/h5-6,8-9,13H,4,7,15H2,1-3H3/t13-/m0/s1. The van der Waals surface area contributed by atoms with Crippen molar-refractivity contribution in [1.82, 2.24) is 0 Å². The molecular weight excluding hydrogens is 189 g/mol. The monoisotopic (exact) mass is 209 g/mol. The van der Waals surface area contributed by atoms with Gasteiger partial charge in [-0.2, -0.15) is 0 Å². The van der Waals surface area contributed by atoms with Crippen molar-refractivity contribution < 1.29 is 4.39 Å². The Kier molecular flexibility index (Phi) is 4.28. The third-order valence-electron chi connectivity index (χ3n) is 2.61. The average molecular weight is 209 g/mol. The van der Waals surface area contributed by atoms with Crippen molar-refractivity contribution in [3.8, 4) is 0 Å². The van der Waals surface area contributed by atoms with Crippen molar-refractivity contribution in [2.75, 3.05) is 0 Å². The van der Waals surface area contributed by atoms with Crippen LogP contribution in [0.3, 0.4) is 0 Å². The van der Waals surface area contributed by atoms with Gasteiger partial charge < -0.3 is 5.73 Å². The maximum Gasteiger partial charge on any atom is 0.128 e. The second-order valence-electron chi connectivity index (χ2n) is 4.60. The quantitative estimate of drug-likeness (QED) is 0.806. The Hall–Kier alpha value is -0.890. The number of rotatable bonds is 4. The van der Waals surface area contributed by atoms with Gasteiger partial charge in [0.2, 0.25) is 0 Å². The molecule has 0 unspecified atom stereocenters. The SMILES string of the molecule is Cc1ccc([C@@H](N)CCC(C)C)c(F)c1. The summed E-state index contributed by atoms with van der Waals surface area (Å²) in [6, 6.07) is 5.08. The van der Waals surface area contributed by atoms with Gasteiger partial charge in [-0.1, -0.05) is 26.0 Å². The van der Waals surface area contributed by atoms with Crippen molar-refractivity contribution in [3.05, 3.63) is 35.1 Å². The fraction of sp³-hybridized carbons (Fsp3) is 0.538. The molecule has 0 aliphatic heterocycles. The first kappa shape index (κ1) is 12.2. The summed E-state index contributed by atoms with van der Waals surface area (Å²) in [4.78, 5) is 0. The summed E-state index contributed by atoms with van der Waals surface area (Å²) < 4.78 is 13.5. The summed E-state index contributed by atoms with van der Waals surface area (Å²) in [5.41, 5.74) is 7.53. The molecule has 0 radical (unpaired) electrons. The highest BCUT2D eigenvalue weighted by Gasteiger charge is 2.11. The van der Waals surface area contributed by atoms with Crippen LogP contribution in [0.1, 0.15) is 43.9 Å². The summed E-state index contributed by atoms with van der Waals surface area (Å²) in [5.74, 6) is 0.441. The molecule has 1 atom stereocenters. The average Bonchev–Trinajstić information content (AvgIpc) is 2.14. The van der Waals surface area contributed by atoms with Crippen molar-refractivity contribution >= 4 is 0 Å². The zero-order chi connectivity index (χ0) is 11.4. The molecule has 0 aliphatic rings. The second kappa shape index (κ2) is 5.26. The molecule has 1 nitrogen and oxygen atoms in total. The topological polar surface area (TPSA) is 26.0 Å². The normalized spacial score (nSPS) is 13.2. The minimum atomic E-state index is -0.175. The van der Waals surface area contributed by atoms with Gasteiger partial charge in [-0.3, -0.25) is 0 Å². The van der Waals surface area contributed by atoms with Crippen LogP contribution in [0.4, 0.5) is 4.39 Å². The van der Waals surface area contributed by atoms with Gasteiger partial charge in [0.25, 0.3) is 0 Å². The minimum Gasteiger partial charge on any atom is -0.324 e. The molecule has 0 spiro atoms. The molecule has 2 N–H and O–H groups in total. The molecule has 2 heteroatoms. The van der Waals surface area contributed by atoms with Crippen LogP contribution in [-0.4, -0.2) is 0 Å². The van der Waals surface area contributed by atoms with Crippen LogP contribution >= 0.6 is 0 Å². The van der Waals surface area contributed by atoms with Crippen molar-refractivity contribution in [3.63, 3.8) is 0 Å². The molecule has 0 fully saturated rings. The van der Waals surface area contributed by atoms with Crippen molar-refractivity contribution in [2.24, 2.45) is 11.7 Å². The Morgan fingerprint density at radius 2 is 1.93 bits per heavy atom. The predicted molar refractivity (Wildman–Crippen MR) is 62.1 cm³/mol. The second-order valence-corrected chi connectivity index (χ2v) is 4.60. The van der Waals surface area contributed by atoms with Gasteiger partial charge in [-0.05, 0) is 37.3 Å². The zero-order valence-corrected chi connectivity index (χ0v) is 9.76. The number of hydrogen-bond donors (Lipinski definition) is 1. The number of halogens is 1. The van der Waals surface area contributed by atoms with Crippen LogP contribution in [0.25, 0.3) is 0 Å². The van der Waals surface area contributed by atoms with Gasteiger partial charge in [-0.25, -0.2) is 4.39 Å². The van der Waals surface area contributed by atoms with Crippen molar-refractivity contribution in [2.45, 2.75) is 39.7 Å². The Morgan fingerprint density at radius 1 is 1.27 bits per heavy atom. The molecule has 1 aromatic carbocycles. The number of hydrogen-bond acceptors (Lipinski definition) is 1. The van der Waals surface area contributed by atoms with Gasteiger partial charge >= 0.3 is 0 Å². The Morgan fingerprint density at radius 3 is 2.47 bits per heavy atom. The van der Waals surface area contributed by atoms with Crippen molar-refractivity contribution in [1.29, 1.82) is 0 Å². The summed E-state index contributed by atoms with van der Waals surface area (Å²) >= 11 is 0. The van der Waals surface area contributed by atoms with Crippen LogP contribution < -0.4 is 5.73 Å². The Balaban J connectivity index is 2.69. The highest BCUT2D eigenvalue weighted by atomic mass is 19.1. The van der Waals surface area contributed by atoms with Gasteiger partial charge in [0, 0.05) is 11.6 Å². The van der Waals surface area contributed by atoms with Crippen LogP contribution in [0, 0.1) is 18.7 Å². The maximum atomic E-state index is 13.5. The summed E-state index contributed by atoms with van der Waals surface area (Å²) in [5, 5.41) is 0. The van der Waals surface area contributed by atoms with E-state index in [-0.39, 0.29) is 11.9 Å². The van der Waals surface area contributed by atoms with Crippen LogP contribution in [0.15, 0.2) is 18.2 Å². The highest BCUT2D eigenvalue weighted by Crippen LogP contribution is 2.21. The lowest BCUT2D eigenvalue weighted by atomic mass is 9.97. The van der Waals surface area contributed by atoms with Gasteiger partial charge in [0.15, 0.2) is 0 Å². The van der Waals surface area contributed by atoms with Gasteiger partial charge in [0.1, 0.15) is 5.82 Å². The van der Waals surface area contributed by atoms with E-state index in [1.165, 1.54) is 0 Å². The van der Waals surface area contributed by atoms with E-state index in [2.05, 4.69) is 13.8 Å². The predicted octanol–water partition coefficient (Wildman–Crippen LogP) is 3.57. The number of nitrogens with two attached hydrogens (primary N) is 1. The highest BCUT2D eigenvalue weighted by molar-refractivity contribution is 5.25. The van der Waals surface area contributed by atoms with Gasteiger partial charge in [0.05, 0.1) is 0 Å².